The number of fused-ring (bicyclic) bond motifs is 1. The van der Waals surface area contributed by atoms with E-state index >= 15 is 0 Å². The van der Waals surface area contributed by atoms with Gasteiger partial charge in [0.05, 0.1) is 44.7 Å². The van der Waals surface area contributed by atoms with Crippen molar-refractivity contribution in [2.45, 2.75) is 92.1 Å². The first-order chi connectivity index (χ1) is 36.3. The van der Waals surface area contributed by atoms with Gasteiger partial charge in [0, 0.05) is 18.2 Å². The van der Waals surface area contributed by atoms with Gasteiger partial charge in [-0.05, 0) is 47.5 Å². The Kier molecular flexibility index (Phi) is 17.7. The van der Waals surface area contributed by atoms with Gasteiger partial charge in [-0.15, -0.1) is 0 Å². The summed E-state index contributed by atoms with van der Waals surface area (Å²) in [5.74, 6) is -3.93. The van der Waals surface area contributed by atoms with Crippen LogP contribution in [0.4, 0.5) is 0 Å². The summed E-state index contributed by atoms with van der Waals surface area (Å²) in [4.78, 5) is 0. The molecule has 0 radical (unpaired) electrons. The normalized spacial score (nSPS) is 30.0. The molecule has 0 unspecified atom stereocenters. The maximum Gasteiger partial charge on any atom is 0.402 e. The third kappa shape index (κ3) is 12.5. The molecule has 4 heterocycles. The van der Waals surface area contributed by atoms with Crippen molar-refractivity contribution in [3.8, 4) is 63.1 Å². The molecule has 1 aromatic heterocycles. The van der Waals surface area contributed by atoms with Gasteiger partial charge in [-0.25, -0.2) is 4.42 Å². The number of aliphatic hydroxyl groups excluding tert-OH is 9. The summed E-state index contributed by atoms with van der Waals surface area (Å²) >= 11 is 0. The van der Waals surface area contributed by atoms with Crippen LogP contribution in [-0.2, 0) is 28.4 Å². The molecule has 15 atom stereocenters. The minimum absolute atomic E-state index is 0.0106. The van der Waals surface area contributed by atoms with Gasteiger partial charge in [-0.2, -0.15) is 0 Å². The number of aliphatic hydroxyl groups is 9. The summed E-state index contributed by atoms with van der Waals surface area (Å²) in [5.41, 5.74) is 0.850. The van der Waals surface area contributed by atoms with E-state index in [0.717, 1.165) is 24.3 Å². The first kappa shape index (κ1) is 55.6. The minimum Gasteiger partial charge on any atom is -0.507 e. The Bertz CT molecular complexity index is 2840. The second kappa shape index (κ2) is 24.1. The van der Waals surface area contributed by atoms with E-state index in [0.29, 0.717) is 11.1 Å². The standard InChI is InChI=1S/C51H56O25/c52-19-36-39(60)42(63)45(66)49(73-36)71-34-17-25(53)16-33-26(34)18-35(47(70-33)24-7-10-29(56)32(59)15-24)72-51-48(44(65)41(62)38(75-51)21-69-12-2-4-23-6-9-28(55)31(58)14-23)76-50-46(67)43(64)40(61)37(74-50)20-68-11-1-3-22-5-8-27(54)30(57)13-22/h1-10,13-18,36-46,48-52,60-67H,11-12,19-21H2,(H6-,53,54,55,56,57,58,59)/p+1/t36-,37-,38-,39-,40-,41-,42+,43+,44+,45-,46-,48-,49-,50+,51-/m1/s1. The molecule has 0 spiro atoms. The molecular weight excluding hydrogens is 1010 g/mol. The number of phenolic OH excluding ortho intramolecular Hbond substituents is 7. The monoisotopic (exact) mass is 1070 g/mol. The van der Waals surface area contributed by atoms with Crippen molar-refractivity contribution in [1.82, 2.24) is 0 Å². The van der Waals surface area contributed by atoms with Gasteiger partial charge in [-0.1, -0.05) is 36.4 Å². The van der Waals surface area contributed by atoms with Crippen molar-refractivity contribution < 1.29 is 124 Å². The number of phenols is 7. The number of aromatic hydroxyl groups is 7. The van der Waals surface area contributed by atoms with Crippen molar-refractivity contribution in [3.63, 3.8) is 0 Å². The second-order valence-electron chi connectivity index (χ2n) is 17.9. The van der Waals surface area contributed by atoms with Gasteiger partial charge in [0.25, 0.3) is 0 Å². The van der Waals surface area contributed by atoms with E-state index in [9.17, 15) is 81.7 Å². The molecule has 16 N–H and O–H groups in total. The van der Waals surface area contributed by atoms with Gasteiger partial charge >= 0.3 is 11.3 Å². The zero-order valence-corrected chi connectivity index (χ0v) is 39.8. The highest BCUT2D eigenvalue weighted by molar-refractivity contribution is 5.89. The highest BCUT2D eigenvalue weighted by atomic mass is 16.8. The number of ether oxygens (including phenoxy) is 8. The zero-order valence-electron chi connectivity index (χ0n) is 39.8. The van der Waals surface area contributed by atoms with Crippen LogP contribution in [0.5, 0.6) is 51.7 Å². The highest BCUT2D eigenvalue weighted by Crippen LogP contribution is 2.44. The molecular formula is C51H57O25+. The first-order valence-corrected chi connectivity index (χ1v) is 23.5. The molecule has 5 aromatic rings. The summed E-state index contributed by atoms with van der Waals surface area (Å²) in [6.45, 7) is -1.87. The maximum absolute atomic E-state index is 11.9. The SMILES string of the molecule is OC[C@H]1O[C@@H](Oc2cc(O)cc3[o+]c(-c4ccc(O)c(O)c4)c(O[C@@H]4O[C@H](COCC=Cc5ccc(O)c(O)c5)[C@@H](O)[C@H](O)[C@H]4O[C@@H]4O[C@H](COCC=Cc5ccc(O)c(O)c5)[C@@H](O)[C@H](O)[C@H]4O)cc23)[C@H](O)[C@@H](O)[C@@H]1O. The lowest BCUT2D eigenvalue weighted by atomic mass is 9.97. The summed E-state index contributed by atoms with van der Waals surface area (Å²) in [7, 11) is 0. The van der Waals surface area contributed by atoms with Crippen molar-refractivity contribution in [2.75, 3.05) is 33.0 Å². The molecule has 3 fully saturated rings. The van der Waals surface area contributed by atoms with Crippen molar-refractivity contribution in [2.24, 2.45) is 0 Å². The predicted octanol–water partition coefficient (Wildman–Crippen LogP) is -0.0229. The van der Waals surface area contributed by atoms with Gasteiger partial charge < -0.3 is 120 Å². The van der Waals surface area contributed by atoms with Crippen LogP contribution >= 0.6 is 0 Å². The summed E-state index contributed by atoms with van der Waals surface area (Å²) in [5, 5.41) is 169. The lowest BCUT2D eigenvalue weighted by Crippen LogP contribution is -2.65. The Labute approximate surface area is 430 Å². The third-order valence-electron chi connectivity index (χ3n) is 12.6. The molecule has 3 aliphatic heterocycles. The van der Waals surface area contributed by atoms with E-state index < -0.39 is 129 Å². The molecule has 76 heavy (non-hydrogen) atoms. The molecule has 0 saturated carbocycles. The second-order valence-corrected chi connectivity index (χ2v) is 17.9. The van der Waals surface area contributed by atoms with Crippen molar-refractivity contribution in [3.05, 3.63) is 96.1 Å². The average Bonchev–Trinajstić information content (AvgIpc) is 3.43. The van der Waals surface area contributed by atoms with Crippen LogP contribution in [0.2, 0.25) is 0 Å². The van der Waals surface area contributed by atoms with Gasteiger partial charge in [0.15, 0.2) is 46.9 Å². The Morgan fingerprint density at radius 1 is 0.474 bits per heavy atom. The fourth-order valence-corrected chi connectivity index (χ4v) is 8.40. The number of benzene rings is 4. The van der Waals surface area contributed by atoms with Crippen LogP contribution in [0.1, 0.15) is 11.1 Å². The average molecular weight is 1070 g/mol. The zero-order chi connectivity index (χ0) is 54.5. The smallest absolute Gasteiger partial charge is 0.402 e. The van der Waals surface area contributed by atoms with Gasteiger partial charge in [0.1, 0.15) is 84.0 Å². The van der Waals surface area contributed by atoms with Crippen LogP contribution in [0, 0.1) is 0 Å². The largest absolute Gasteiger partial charge is 0.507 e. The third-order valence-corrected chi connectivity index (χ3v) is 12.6. The Morgan fingerprint density at radius 3 is 1.54 bits per heavy atom. The van der Waals surface area contributed by atoms with Crippen LogP contribution in [-0.4, -0.2) is 207 Å². The van der Waals surface area contributed by atoms with Crippen molar-refractivity contribution in [1.29, 1.82) is 0 Å². The summed E-state index contributed by atoms with van der Waals surface area (Å²) in [6, 6.07) is 15.1. The molecule has 25 nitrogen and oxygen atoms in total. The summed E-state index contributed by atoms with van der Waals surface area (Å²) in [6.07, 6.45) is -20.7. The van der Waals surface area contributed by atoms with E-state index in [2.05, 4.69) is 0 Å². The molecule has 4 aromatic carbocycles. The van der Waals surface area contributed by atoms with Crippen LogP contribution < -0.4 is 9.47 Å². The number of rotatable bonds is 18. The first-order valence-electron chi connectivity index (χ1n) is 23.5. The number of hydrogen-bond donors (Lipinski definition) is 16. The lowest BCUT2D eigenvalue weighted by Gasteiger charge is -2.46. The molecule has 0 amide bonds. The predicted molar refractivity (Wildman–Crippen MR) is 258 cm³/mol. The Balaban J connectivity index is 1.11. The Hall–Kier alpha value is -6.63. The fourth-order valence-electron chi connectivity index (χ4n) is 8.40. The molecule has 0 bridgehead atoms. The van der Waals surface area contributed by atoms with Crippen LogP contribution in [0.15, 0.2) is 89.4 Å². The maximum atomic E-state index is 11.9. The number of hydrogen-bond acceptors (Lipinski definition) is 24. The van der Waals surface area contributed by atoms with Crippen LogP contribution in [0.3, 0.4) is 0 Å². The van der Waals surface area contributed by atoms with Crippen LogP contribution in [0.25, 0.3) is 34.4 Å². The van der Waals surface area contributed by atoms with Gasteiger partial charge in [0.2, 0.25) is 18.3 Å². The minimum atomic E-state index is -2.03. The Morgan fingerprint density at radius 2 is 0.974 bits per heavy atom. The molecule has 3 aliphatic rings. The van der Waals surface area contributed by atoms with E-state index in [1.54, 1.807) is 12.2 Å². The quantitative estimate of drug-likeness (QED) is 0.0311. The van der Waals surface area contributed by atoms with Crippen molar-refractivity contribution >= 4 is 23.1 Å². The molecule has 25 heteroatoms. The molecule has 0 aliphatic carbocycles. The highest BCUT2D eigenvalue weighted by Gasteiger charge is 2.52. The van der Waals surface area contributed by atoms with E-state index in [-0.39, 0.29) is 70.0 Å². The van der Waals surface area contributed by atoms with E-state index in [1.165, 1.54) is 60.7 Å². The van der Waals surface area contributed by atoms with Gasteiger partial charge in [-0.3, -0.25) is 0 Å². The van der Waals surface area contributed by atoms with E-state index in [4.69, 9.17) is 42.3 Å². The molecule has 8 rings (SSSR count). The molecule has 410 valence electrons. The summed E-state index contributed by atoms with van der Waals surface area (Å²) < 4.78 is 53.8. The van der Waals surface area contributed by atoms with E-state index in [1.807, 2.05) is 0 Å². The molecule has 3 saturated heterocycles. The topological polar surface area (TPSA) is 409 Å². The fraction of sp³-hybridized carbons (Fsp3) is 0.392. The lowest BCUT2D eigenvalue weighted by molar-refractivity contribution is -0.358.